The highest BCUT2D eigenvalue weighted by Gasteiger charge is 2.37. The van der Waals surface area contributed by atoms with Crippen molar-refractivity contribution in [2.45, 2.75) is 18.6 Å². The van der Waals surface area contributed by atoms with Crippen molar-refractivity contribution in [3.8, 4) is 0 Å². The van der Waals surface area contributed by atoms with Gasteiger partial charge in [-0.3, -0.25) is 4.79 Å². The zero-order chi connectivity index (χ0) is 12.5. The predicted octanol–water partition coefficient (Wildman–Crippen LogP) is 0.228. The fourth-order valence-electron chi connectivity index (χ4n) is 2.89. The van der Waals surface area contributed by atoms with E-state index in [1.165, 1.54) is 0 Å². The first kappa shape index (κ1) is 11.7. The Labute approximate surface area is 107 Å². The molecule has 2 saturated heterocycles. The monoisotopic (exact) mass is 249 g/mol. The summed E-state index contributed by atoms with van der Waals surface area (Å²) in [5, 5.41) is 3.32. The first-order valence-corrected chi connectivity index (χ1v) is 6.52. The summed E-state index contributed by atoms with van der Waals surface area (Å²) in [4.78, 5) is 14.6. The van der Waals surface area contributed by atoms with Gasteiger partial charge in [0.15, 0.2) is 0 Å². The van der Waals surface area contributed by atoms with Crippen molar-refractivity contribution in [2.24, 2.45) is 7.05 Å². The van der Waals surface area contributed by atoms with Gasteiger partial charge in [0.1, 0.15) is 5.69 Å². The van der Waals surface area contributed by atoms with Gasteiger partial charge in [0.05, 0.1) is 18.8 Å². The van der Waals surface area contributed by atoms with Crippen LogP contribution >= 0.6 is 0 Å². The summed E-state index contributed by atoms with van der Waals surface area (Å²) in [5.41, 5.74) is 0.759. The SMILES string of the molecule is Cn1cccc1C(=O)N1CCOC2CNCC[C@H]21. The molecule has 5 heteroatoms. The van der Waals surface area contributed by atoms with Crippen molar-refractivity contribution in [3.05, 3.63) is 24.0 Å². The van der Waals surface area contributed by atoms with Crippen LogP contribution in [0.15, 0.2) is 18.3 Å². The van der Waals surface area contributed by atoms with Crippen molar-refractivity contribution in [3.63, 3.8) is 0 Å². The van der Waals surface area contributed by atoms with Crippen LogP contribution in [0.3, 0.4) is 0 Å². The smallest absolute Gasteiger partial charge is 0.270 e. The molecule has 0 bridgehead atoms. The van der Waals surface area contributed by atoms with Crippen molar-refractivity contribution < 1.29 is 9.53 Å². The summed E-state index contributed by atoms with van der Waals surface area (Å²) >= 11 is 0. The summed E-state index contributed by atoms with van der Waals surface area (Å²) < 4.78 is 7.63. The molecule has 3 heterocycles. The molecule has 0 radical (unpaired) electrons. The molecule has 1 N–H and O–H groups in total. The van der Waals surface area contributed by atoms with E-state index in [1.54, 1.807) is 0 Å². The third-order valence-electron chi connectivity index (χ3n) is 3.88. The Hall–Kier alpha value is -1.33. The van der Waals surface area contributed by atoms with E-state index in [4.69, 9.17) is 4.74 Å². The van der Waals surface area contributed by atoms with E-state index < -0.39 is 0 Å². The quantitative estimate of drug-likeness (QED) is 0.775. The van der Waals surface area contributed by atoms with E-state index in [1.807, 2.05) is 34.8 Å². The topological polar surface area (TPSA) is 46.5 Å². The normalized spacial score (nSPS) is 27.9. The Kier molecular flexibility index (Phi) is 3.09. The largest absolute Gasteiger partial charge is 0.373 e. The van der Waals surface area contributed by atoms with Crippen LogP contribution in [0.2, 0.25) is 0 Å². The molecule has 2 fully saturated rings. The standard InChI is InChI=1S/C13H19N3O2/c1-15-6-2-3-11(15)13(17)16-7-8-18-12-9-14-5-4-10(12)16/h2-3,6,10,12,14H,4-5,7-9H2,1H3/t10-,12?/m1/s1. The summed E-state index contributed by atoms with van der Waals surface area (Å²) in [5.74, 6) is 0.128. The molecule has 2 aliphatic rings. The number of carbonyl (C=O) groups is 1. The Morgan fingerprint density at radius 3 is 3.22 bits per heavy atom. The van der Waals surface area contributed by atoms with Crippen LogP contribution in [0, 0.1) is 0 Å². The van der Waals surface area contributed by atoms with Crippen LogP contribution in [-0.4, -0.2) is 53.8 Å². The molecule has 0 spiro atoms. The molecule has 0 aromatic carbocycles. The van der Waals surface area contributed by atoms with Crippen LogP contribution < -0.4 is 5.32 Å². The number of nitrogens with zero attached hydrogens (tertiary/aromatic N) is 2. The number of hydrogen-bond acceptors (Lipinski definition) is 3. The molecule has 0 aliphatic carbocycles. The molecule has 1 aromatic rings. The number of amides is 1. The average molecular weight is 249 g/mol. The van der Waals surface area contributed by atoms with Gasteiger partial charge in [0.25, 0.3) is 5.91 Å². The Morgan fingerprint density at radius 2 is 2.44 bits per heavy atom. The number of hydrogen-bond donors (Lipinski definition) is 1. The van der Waals surface area contributed by atoms with Gasteiger partial charge >= 0.3 is 0 Å². The fourth-order valence-corrected chi connectivity index (χ4v) is 2.89. The van der Waals surface area contributed by atoms with E-state index in [-0.39, 0.29) is 18.1 Å². The van der Waals surface area contributed by atoms with Crippen LogP contribution in [0.1, 0.15) is 16.9 Å². The van der Waals surface area contributed by atoms with Gasteiger partial charge in [-0.25, -0.2) is 0 Å². The molecular formula is C13H19N3O2. The number of nitrogens with one attached hydrogen (secondary N) is 1. The lowest BCUT2D eigenvalue weighted by Gasteiger charge is -2.43. The van der Waals surface area contributed by atoms with Gasteiger partial charge in [-0.05, 0) is 25.1 Å². The van der Waals surface area contributed by atoms with E-state index >= 15 is 0 Å². The average Bonchev–Trinajstić information content (AvgIpc) is 2.83. The second-order valence-electron chi connectivity index (χ2n) is 4.97. The van der Waals surface area contributed by atoms with Gasteiger partial charge in [-0.1, -0.05) is 0 Å². The Bertz CT molecular complexity index is 441. The summed E-state index contributed by atoms with van der Waals surface area (Å²) in [6, 6.07) is 4.02. The Morgan fingerprint density at radius 1 is 1.56 bits per heavy atom. The molecule has 3 rings (SSSR count). The van der Waals surface area contributed by atoms with Crippen LogP contribution in [-0.2, 0) is 11.8 Å². The Balaban J connectivity index is 1.82. The van der Waals surface area contributed by atoms with Crippen LogP contribution in [0.25, 0.3) is 0 Å². The molecule has 2 aliphatic heterocycles. The highest BCUT2D eigenvalue weighted by Crippen LogP contribution is 2.21. The van der Waals surface area contributed by atoms with E-state index in [0.29, 0.717) is 13.2 Å². The van der Waals surface area contributed by atoms with E-state index in [9.17, 15) is 4.79 Å². The number of fused-ring (bicyclic) bond motifs is 1. The molecule has 5 nitrogen and oxygen atoms in total. The zero-order valence-corrected chi connectivity index (χ0v) is 10.6. The third-order valence-corrected chi connectivity index (χ3v) is 3.88. The summed E-state index contributed by atoms with van der Waals surface area (Å²) in [7, 11) is 1.91. The van der Waals surface area contributed by atoms with E-state index in [2.05, 4.69) is 5.32 Å². The van der Waals surface area contributed by atoms with Crippen LogP contribution in [0.4, 0.5) is 0 Å². The fraction of sp³-hybridized carbons (Fsp3) is 0.615. The second-order valence-corrected chi connectivity index (χ2v) is 4.97. The lowest BCUT2D eigenvalue weighted by Crippen LogP contribution is -2.60. The molecular weight excluding hydrogens is 230 g/mol. The molecule has 98 valence electrons. The number of piperidine rings is 1. The number of aryl methyl sites for hydroxylation is 1. The highest BCUT2D eigenvalue weighted by molar-refractivity contribution is 5.93. The minimum absolute atomic E-state index is 0.128. The molecule has 18 heavy (non-hydrogen) atoms. The van der Waals surface area contributed by atoms with Crippen LogP contribution in [0.5, 0.6) is 0 Å². The second kappa shape index (κ2) is 4.74. The number of carbonyl (C=O) groups excluding carboxylic acids is 1. The number of aromatic nitrogens is 1. The minimum atomic E-state index is 0.128. The maximum atomic E-state index is 12.6. The first-order valence-electron chi connectivity index (χ1n) is 6.52. The molecule has 1 unspecified atom stereocenters. The molecule has 1 aromatic heterocycles. The zero-order valence-electron chi connectivity index (χ0n) is 10.6. The minimum Gasteiger partial charge on any atom is -0.373 e. The highest BCUT2D eigenvalue weighted by atomic mass is 16.5. The van der Waals surface area contributed by atoms with Gasteiger partial charge < -0.3 is 19.5 Å². The van der Waals surface area contributed by atoms with Crippen molar-refractivity contribution in [1.29, 1.82) is 0 Å². The lowest BCUT2D eigenvalue weighted by atomic mass is 9.99. The summed E-state index contributed by atoms with van der Waals surface area (Å²) in [6.07, 6.45) is 3.03. The third kappa shape index (κ3) is 1.93. The van der Waals surface area contributed by atoms with Gasteiger partial charge in [0.2, 0.25) is 0 Å². The van der Waals surface area contributed by atoms with Gasteiger partial charge in [-0.2, -0.15) is 0 Å². The maximum absolute atomic E-state index is 12.6. The number of ether oxygens (including phenoxy) is 1. The molecule has 0 saturated carbocycles. The predicted molar refractivity (Wildman–Crippen MR) is 67.5 cm³/mol. The summed E-state index contributed by atoms with van der Waals surface area (Å²) in [6.45, 7) is 3.15. The molecule has 1 amide bonds. The molecule has 2 atom stereocenters. The van der Waals surface area contributed by atoms with Crippen molar-refractivity contribution in [2.75, 3.05) is 26.2 Å². The van der Waals surface area contributed by atoms with Gasteiger partial charge in [0, 0.05) is 26.3 Å². The van der Waals surface area contributed by atoms with Crippen molar-refractivity contribution in [1.82, 2.24) is 14.8 Å². The van der Waals surface area contributed by atoms with Crippen molar-refractivity contribution >= 4 is 5.91 Å². The number of rotatable bonds is 1. The number of morpholine rings is 1. The lowest BCUT2D eigenvalue weighted by molar-refractivity contribution is -0.0687. The maximum Gasteiger partial charge on any atom is 0.270 e. The van der Waals surface area contributed by atoms with E-state index in [0.717, 1.165) is 25.2 Å². The van der Waals surface area contributed by atoms with Gasteiger partial charge in [-0.15, -0.1) is 0 Å². The first-order chi connectivity index (χ1) is 8.77.